The van der Waals surface area contributed by atoms with E-state index >= 15 is 0 Å². The number of piperidine rings is 1. The standard InChI is InChI=1S/C12H19ClN4O2S/c1-2-9-4-3-5-17(8-9)20(18,19)10-6-11(13)12(16-14)15-7-10/h6-7,9H,2-5,8,14H2,1H3,(H,15,16). The van der Waals surface area contributed by atoms with Gasteiger partial charge in [0.25, 0.3) is 0 Å². The Morgan fingerprint density at radius 1 is 1.60 bits per heavy atom. The molecule has 20 heavy (non-hydrogen) atoms. The van der Waals surface area contributed by atoms with Crippen molar-refractivity contribution < 1.29 is 8.42 Å². The van der Waals surface area contributed by atoms with Gasteiger partial charge in [0.15, 0.2) is 5.82 Å². The largest absolute Gasteiger partial charge is 0.307 e. The van der Waals surface area contributed by atoms with E-state index in [9.17, 15) is 8.42 Å². The van der Waals surface area contributed by atoms with Gasteiger partial charge in [0.2, 0.25) is 10.0 Å². The number of rotatable bonds is 4. The van der Waals surface area contributed by atoms with Gasteiger partial charge in [0.1, 0.15) is 4.90 Å². The number of anilines is 1. The van der Waals surface area contributed by atoms with Gasteiger partial charge in [0.05, 0.1) is 5.02 Å². The van der Waals surface area contributed by atoms with Gasteiger partial charge in [-0.15, -0.1) is 0 Å². The van der Waals surface area contributed by atoms with Crippen molar-refractivity contribution in [3.05, 3.63) is 17.3 Å². The molecule has 1 aliphatic rings. The predicted molar refractivity (Wildman–Crippen MR) is 78.8 cm³/mol. The number of sulfonamides is 1. The van der Waals surface area contributed by atoms with Crippen LogP contribution in [0, 0.1) is 5.92 Å². The van der Waals surface area contributed by atoms with E-state index in [2.05, 4.69) is 17.3 Å². The number of pyridine rings is 1. The highest BCUT2D eigenvalue weighted by atomic mass is 35.5. The number of hydrogen-bond acceptors (Lipinski definition) is 5. The fourth-order valence-corrected chi connectivity index (χ4v) is 4.21. The monoisotopic (exact) mass is 318 g/mol. The van der Waals surface area contributed by atoms with E-state index in [1.807, 2.05) is 0 Å². The topological polar surface area (TPSA) is 88.3 Å². The molecule has 6 nitrogen and oxygen atoms in total. The summed E-state index contributed by atoms with van der Waals surface area (Å²) in [4.78, 5) is 4.03. The van der Waals surface area contributed by atoms with E-state index in [0.717, 1.165) is 19.3 Å². The van der Waals surface area contributed by atoms with E-state index in [1.54, 1.807) is 0 Å². The van der Waals surface area contributed by atoms with Crippen LogP contribution in [-0.4, -0.2) is 30.8 Å². The van der Waals surface area contributed by atoms with Crippen molar-refractivity contribution >= 4 is 27.4 Å². The minimum Gasteiger partial charge on any atom is -0.307 e. The van der Waals surface area contributed by atoms with Crippen LogP contribution in [0.3, 0.4) is 0 Å². The molecule has 1 aromatic rings. The Kier molecular flexibility index (Phi) is 4.85. The Morgan fingerprint density at radius 3 is 2.95 bits per heavy atom. The SMILES string of the molecule is CCC1CCCN(S(=O)(=O)c2cnc(NN)c(Cl)c2)C1. The lowest BCUT2D eigenvalue weighted by Gasteiger charge is -2.31. The first-order valence-corrected chi connectivity index (χ1v) is 8.43. The van der Waals surface area contributed by atoms with Crippen LogP contribution in [0.2, 0.25) is 5.02 Å². The minimum atomic E-state index is -3.53. The first-order valence-electron chi connectivity index (χ1n) is 6.61. The van der Waals surface area contributed by atoms with Gasteiger partial charge in [-0.05, 0) is 24.8 Å². The molecular weight excluding hydrogens is 300 g/mol. The number of halogens is 1. The maximum atomic E-state index is 12.6. The second-order valence-corrected chi connectivity index (χ2v) is 7.27. The molecule has 3 N–H and O–H groups in total. The Hall–Kier alpha value is -0.890. The van der Waals surface area contributed by atoms with Gasteiger partial charge in [0, 0.05) is 19.3 Å². The summed E-state index contributed by atoms with van der Waals surface area (Å²) in [6.45, 7) is 3.20. The molecule has 0 aliphatic carbocycles. The summed E-state index contributed by atoms with van der Waals surface area (Å²) in [5.74, 6) is 5.91. The highest BCUT2D eigenvalue weighted by Gasteiger charge is 2.30. The van der Waals surface area contributed by atoms with E-state index < -0.39 is 10.0 Å². The van der Waals surface area contributed by atoms with Crippen molar-refractivity contribution in [3.8, 4) is 0 Å². The molecule has 1 atom stereocenters. The Morgan fingerprint density at radius 2 is 2.35 bits per heavy atom. The molecule has 2 heterocycles. The van der Waals surface area contributed by atoms with Crippen molar-refractivity contribution in [3.63, 3.8) is 0 Å². The van der Waals surface area contributed by atoms with Crippen molar-refractivity contribution in [2.24, 2.45) is 11.8 Å². The zero-order chi connectivity index (χ0) is 14.8. The second kappa shape index (κ2) is 6.26. The molecule has 0 bridgehead atoms. The number of hydrogen-bond donors (Lipinski definition) is 2. The van der Waals surface area contributed by atoms with Gasteiger partial charge >= 0.3 is 0 Å². The molecule has 1 aromatic heterocycles. The van der Waals surface area contributed by atoms with E-state index in [-0.39, 0.29) is 15.7 Å². The average molecular weight is 319 g/mol. The molecule has 8 heteroatoms. The quantitative estimate of drug-likeness (QED) is 0.653. The van der Waals surface area contributed by atoms with Crippen LogP contribution in [0.5, 0.6) is 0 Å². The molecule has 2 rings (SSSR count). The van der Waals surface area contributed by atoms with Crippen LogP contribution >= 0.6 is 11.6 Å². The van der Waals surface area contributed by atoms with Gasteiger partial charge < -0.3 is 5.43 Å². The predicted octanol–water partition coefficient (Wildman–Crippen LogP) is 1.83. The van der Waals surface area contributed by atoms with E-state index in [4.69, 9.17) is 17.4 Å². The third-order valence-electron chi connectivity index (χ3n) is 3.65. The molecule has 112 valence electrons. The minimum absolute atomic E-state index is 0.109. The molecule has 1 aliphatic heterocycles. The summed E-state index contributed by atoms with van der Waals surface area (Å²) in [5, 5.41) is 0.192. The van der Waals surface area contributed by atoms with Crippen LogP contribution in [0.4, 0.5) is 5.82 Å². The van der Waals surface area contributed by atoms with Crippen molar-refractivity contribution in [1.82, 2.24) is 9.29 Å². The Balaban J connectivity index is 2.28. The van der Waals surface area contributed by atoms with Crippen LogP contribution in [0.25, 0.3) is 0 Å². The van der Waals surface area contributed by atoms with Crippen molar-refractivity contribution in [2.45, 2.75) is 31.1 Å². The van der Waals surface area contributed by atoms with Crippen molar-refractivity contribution in [2.75, 3.05) is 18.5 Å². The molecule has 1 saturated heterocycles. The second-order valence-electron chi connectivity index (χ2n) is 4.93. The molecule has 1 fully saturated rings. The zero-order valence-electron chi connectivity index (χ0n) is 11.3. The first kappa shape index (κ1) is 15.5. The fourth-order valence-electron chi connectivity index (χ4n) is 2.40. The van der Waals surface area contributed by atoms with Gasteiger partial charge in [-0.1, -0.05) is 24.9 Å². The Bertz CT molecular complexity index is 579. The number of hydrazine groups is 1. The molecule has 0 saturated carbocycles. The van der Waals surface area contributed by atoms with Gasteiger partial charge in [-0.2, -0.15) is 4.31 Å². The molecular formula is C12H19ClN4O2S. The van der Waals surface area contributed by atoms with E-state index in [1.165, 1.54) is 16.6 Å². The van der Waals surface area contributed by atoms with Crippen LogP contribution in [-0.2, 0) is 10.0 Å². The highest BCUT2D eigenvalue weighted by Crippen LogP contribution is 2.27. The summed E-state index contributed by atoms with van der Waals surface area (Å²) in [6.07, 6.45) is 4.24. The van der Waals surface area contributed by atoms with Gasteiger partial charge in [-0.25, -0.2) is 19.2 Å². The maximum absolute atomic E-state index is 12.6. The number of aromatic nitrogens is 1. The lowest BCUT2D eigenvalue weighted by Crippen LogP contribution is -2.39. The zero-order valence-corrected chi connectivity index (χ0v) is 12.9. The summed E-state index contributed by atoms with van der Waals surface area (Å²) in [7, 11) is -3.53. The Labute approximate surface area is 124 Å². The summed E-state index contributed by atoms with van der Waals surface area (Å²) in [6, 6.07) is 1.38. The van der Waals surface area contributed by atoms with Crippen molar-refractivity contribution in [1.29, 1.82) is 0 Å². The first-order chi connectivity index (χ1) is 9.48. The molecule has 0 spiro atoms. The molecule has 1 unspecified atom stereocenters. The summed E-state index contributed by atoms with van der Waals surface area (Å²) >= 11 is 5.94. The maximum Gasteiger partial charge on any atom is 0.244 e. The van der Waals surface area contributed by atoms with Crippen LogP contribution in [0.1, 0.15) is 26.2 Å². The molecule has 0 radical (unpaired) electrons. The number of nitrogen functional groups attached to an aromatic ring is 1. The lowest BCUT2D eigenvalue weighted by molar-refractivity contribution is 0.261. The third-order valence-corrected chi connectivity index (χ3v) is 5.77. The molecule has 0 aromatic carbocycles. The number of nitrogens with one attached hydrogen (secondary N) is 1. The van der Waals surface area contributed by atoms with E-state index in [0.29, 0.717) is 19.0 Å². The van der Waals surface area contributed by atoms with Crippen LogP contribution < -0.4 is 11.3 Å². The summed E-state index contributed by atoms with van der Waals surface area (Å²) < 4.78 is 26.7. The third kappa shape index (κ3) is 3.06. The summed E-state index contributed by atoms with van der Waals surface area (Å²) in [5.41, 5.74) is 2.32. The normalized spacial score (nSPS) is 20.9. The van der Waals surface area contributed by atoms with Crippen LogP contribution in [0.15, 0.2) is 17.2 Å². The van der Waals surface area contributed by atoms with Gasteiger partial charge in [-0.3, -0.25) is 0 Å². The smallest absolute Gasteiger partial charge is 0.244 e. The average Bonchev–Trinajstić information content (AvgIpc) is 2.47. The highest BCUT2D eigenvalue weighted by molar-refractivity contribution is 7.89. The fraction of sp³-hybridized carbons (Fsp3) is 0.583. The number of nitrogens with two attached hydrogens (primary N) is 1. The number of nitrogens with zero attached hydrogens (tertiary/aromatic N) is 2. The molecule has 0 amide bonds. The lowest BCUT2D eigenvalue weighted by atomic mass is 9.97.